The first-order valence-corrected chi connectivity index (χ1v) is 10.8. The molecule has 0 radical (unpaired) electrons. The van der Waals surface area contributed by atoms with E-state index in [1.165, 1.54) is 13.0 Å². The lowest BCUT2D eigenvalue weighted by atomic mass is 10.2. The number of carbonyl (C=O) groups is 3. The van der Waals surface area contributed by atoms with E-state index in [9.17, 15) is 19.5 Å². The Labute approximate surface area is 189 Å². The summed E-state index contributed by atoms with van der Waals surface area (Å²) < 4.78 is 6.86. The van der Waals surface area contributed by atoms with Crippen molar-refractivity contribution in [2.24, 2.45) is 0 Å². The van der Waals surface area contributed by atoms with Crippen LogP contribution in [0.15, 0.2) is 83.2 Å². The lowest BCUT2D eigenvalue weighted by molar-refractivity contribution is -0.140. The number of nitrogens with zero attached hydrogens (tertiary/aromatic N) is 3. The number of aliphatic carboxylic acids is 1. The Bertz CT molecular complexity index is 1130. The Morgan fingerprint density at radius 3 is 2.47 bits per heavy atom. The summed E-state index contributed by atoms with van der Waals surface area (Å²) >= 11 is 0.953. The fourth-order valence-electron chi connectivity index (χ4n) is 3.45. The molecule has 3 amide bonds. The molecule has 1 saturated heterocycles. The van der Waals surface area contributed by atoms with Crippen molar-refractivity contribution >= 4 is 35.5 Å². The molecular weight excluding hydrogens is 430 g/mol. The number of carboxylic acids is 1. The molecule has 1 fully saturated rings. The molecule has 4 rings (SSSR count). The number of para-hydroxylation sites is 2. The van der Waals surface area contributed by atoms with Gasteiger partial charge in [-0.3, -0.25) is 9.69 Å². The van der Waals surface area contributed by atoms with Crippen molar-refractivity contribution in [3.05, 3.63) is 78.3 Å². The van der Waals surface area contributed by atoms with Crippen LogP contribution in [0.3, 0.4) is 0 Å². The third kappa shape index (κ3) is 3.82. The van der Waals surface area contributed by atoms with Gasteiger partial charge in [-0.1, -0.05) is 30.3 Å². The van der Waals surface area contributed by atoms with E-state index in [1.54, 1.807) is 30.3 Å². The molecule has 1 unspecified atom stereocenters. The molecule has 1 N–H and O–H groups in total. The number of amides is 3. The predicted octanol–water partition coefficient (Wildman–Crippen LogP) is 4.08. The molecule has 9 heteroatoms. The Morgan fingerprint density at radius 1 is 1.09 bits per heavy atom. The van der Waals surface area contributed by atoms with Crippen molar-refractivity contribution in [1.82, 2.24) is 9.21 Å². The van der Waals surface area contributed by atoms with Crippen molar-refractivity contribution in [3.63, 3.8) is 0 Å². The maximum absolute atomic E-state index is 13.1. The highest BCUT2D eigenvalue weighted by molar-refractivity contribution is 7.98. The lowest BCUT2D eigenvalue weighted by Crippen LogP contribution is -2.40. The van der Waals surface area contributed by atoms with Crippen LogP contribution in [-0.2, 0) is 9.59 Å². The first-order chi connectivity index (χ1) is 15.4. The van der Waals surface area contributed by atoms with Crippen molar-refractivity contribution in [3.8, 4) is 5.75 Å². The molecule has 1 atom stereocenters. The molecule has 0 aromatic heterocycles. The Kier molecular flexibility index (Phi) is 5.91. The summed E-state index contributed by atoms with van der Waals surface area (Å²) in [6, 6.07) is 14.6. The largest absolute Gasteiger partial charge is 0.480 e. The third-order valence-corrected chi connectivity index (χ3v) is 6.05. The molecule has 2 aromatic carbocycles. The number of hydrogen-bond acceptors (Lipinski definition) is 6. The van der Waals surface area contributed by atoms with E-state index in [2.05, 4.69) is 0 Å². The normalized spacial score (nSPS) is 19.0. The first kappa shape index (κ1) is 21.5. The summed E-state index contributed by atoms with van der Waals surface area (Å²) in [6.07, 6.45) is 3.03. The summed E-state index contributed by atoms with van der Waals surface area (Å²) in [6.45, 7) is 3.96. The number of allylic oxidation sites excluding steroid dienone is 2. The van der Waals surface area contributed by atoms with Gasteiger partial charge >= 0.3 is 12.0 Å². The first-order valence-electron chi connectivity index (χ1n) is 10.0. The molecule has 2 aliphatic heterocycles. The number of ether oxygens (including phenoxy) is 1. The van der Waals surface area contributed by atoms with Gasteiger partial charge in [-0.15, -0.1) is 0 Å². The number of urea groups is 1. The van der Waals surface area contributed by atoms with Crippen LogP contribution in [0.2, 0.25) is 0 Å². The van der Waals surface area contributed by atoms with Gasteiger partial charge in [0.2, 0.25) is 5.88 Å². The molecule has 2 aliphatic rings. The number of carbonyl (C=O) groups excluding carboxylic acids is 2. The maximum Gasteiger partial charge on any atom is 0.343 e. The Balaban J connectivity index is 1.69. The number of rotatable bonds is 6. The lowest BCUT2D eigenvalue weighted by Gasteiger charge is -2.20. The number of fused-ring (bicyclic) bond motifs is 1. The number of hydrogen-bond donors (Lipinski definition) is 1. The number of carboxylic acid groups (broad SMARTS) is 1. The van der Waals surface area contributed by atoms with Gasteiger partial charge in [-0.2, -0.15) is 4.31 Å². The Hall–Kier alpha value is -3.72. The molecule has 2 heterocycles. The van der Waals surface area contributed by atoms with Gasteiger partial charge in [0, 0.05) is 17.5 Å². The van der Waals surface area contributed by atoms with Crippen molar-refractivity contribution in [1.29, 1.82) is 0 Å². The molecule has 0 bridgehead atoms. The average molecular weight is 452 g/mol. The van der Waals surface area contributed by atoms with Gasteiger partial charge in [0.1, 0.15) is 11.7 Å². The van der Waals surface area contributed by atoms with E-state index in [0.29, 0.717) is 23.1 Å². The van der Waals surface area contributed by atoms with Crippen LogP contribution in [-0.4, -0.2) is 44.8 Å². The molecule has 8 nitrogen and oxygen atoms in total. The van der Waals surface area contributed by atoms with Crippen LogP contribution in [0.1, 0.15) is 13.8 Å². The average Bonchev–Trinajstić information content (AvgIpc) is 3.27. The van der Waals surface area contributed by atoms with Crippen molar-refractivity contribution in [2.75, 3.05) is 11.4 Å². The van der Waals surface area contributed by atoms with Crippen LogP contribution in [0.5, 0.6) is 5.75 Å². The van der Waals surface area contributed by atoms with Crippen LogP contribution in [0.25, 0.3) is 0 Å². The number of anilines is 1. The van der Waals surface area contributed by atoms with Gasteiger partial charge in [-0.25, -0.2) is 9.59 Å². The second kappa shape index (κ2) is 8.80. The highest BCUT2D eigenvalue weighted by Gasteiger charge is 2.46. The molecule has 0 spiro atoms. The van der Waals surface area contributed by atoms with E-state index >= 15 is 0 Å². The van der Waals surface area contributed by atoms with Gasteiger partial charge in [0.15, 0.2) is 5.75 Å². The van der Waals surface area contributed by atoms with E-state index in [-0.39, 0.29) is 5.70 Å². The van der Waals surface area contributed by atoms with Gasteiger partial charge in [-0.05, 0) is 56.1 Å². The van der Waals surface area contributed by atoms with Gasteiger partial charge in [0.05, 0.1) is 5.69 Å². The minimum Gasteiger partial charge on any atom is -0.480 e. The maximum atomic E-state index is 13.1. The SMILES string of the molecule is CCN1/C(=C\C=C2\C(=O)N(Sc3ccccc3)C(=O)N2C(C)C(=O)O)Oc2ccccc21. The highest BCUT2D eigenvalue weighted by Crippen LogP contribution is 2.39. The fourth-order valence-corrected chi connectivity index (χ4v) is 4.28. The highest BCUT2D eigenvalue weighted by atomic mass is 32.2. The second-order valence-corrected chi connectivity index (χ2v) is 8.06. The van der Waals surface area contributed by atoms with E-state index in [0.717, 1.165) is 26.8 Å². The molecule has 0 saturated carbocycles. The third-order valence-electron chi connectivity index (χ3n) is 5.06. The van der Waals surface area contributed by atoms with Crippen LogP contribution in [0, 0.1) is 0 Å². The summed E-state index contributed by atoms with van der Waals surface area (Å²) in [5.41, 5.74) is 0.863. The fraction of sp³-hybridized carbons (Fsp3) is 0.174. The van der Waals surface area contributed by atoms with E-state index in [1.807, 2.05) is 42.2 Å². The molecule has 32 heavy (non-hydrogen) atoms. The summed E-state index contributed by atoms with van der Waals surface area (Å²) in [7, 11) is 0. The smallest absolute Gasteiger partial charge is 0.343 e. The molecule has 2 aromatic rings. The second-order valence-electron chi connectivity index (χ2n) is 7.04. The Morgan fingerprint density at radius 2 is 1.78 bits per heavy atom. The predicted molar refractivity (Wildman–Crippen MR) is 120 cm³/mol. The number of benzene rings is 2. The van der Waals surface area contributed by atoms with Crippen molar-refractivity contribution in [2.45, 2.75) is 24.8 Å². The zero-order valence-electron chi connectivity index (χ0n) is 17.5. The number of imide groups is 1. The van der Waals surface area contributed by atoms with Gasteiger partial charge < -0.3 is 14.7 Å². The van der Waals surface area contributed by atoms with Crippen LogP contribution in [0.4, 0.5) is 10.5 Å². The summed E-state index contributed by atoms with van der Waals surface area (Å²) in [5.74, 6) is -0.633. The van der Waals surface area contributed by atoms with Crippen LogP contribution < -0.4 is 9.64 Å². The van der Waals surface area contributed by atoms with Gasteiger partial charge in [0.25, 0.3) is 5.91 Å². The summed E-state index contributed by atoms with van der Waals surface area (Å²) in [5, 5.41) is 9.51. The quantitative estimate of drug-likeness (QED) is 0.402. The zero-order chi connectivity index (χ0) is 22.8. The standard InChI is InChI=1S/C23H21N3O5S/c1-3-24-17-11-7-8-12-19(17)31-20(24)14-13-18-21(27)26(32-16-9-5-4-6-10-16)23(30)25(18)15(2)22(28)29/h4-15H,3H2,1-2H3,(H,28,29)/b18-13-,20-14+. The summed E-state index contributed by atoms with van der Waals surface area (Å²) in [4.78, 5) is 41.4. The monoisotopic (exact) mass is 451 g/mol. The van der Waals surface area contributed by atoms with Crippen LogP contribution >= 0.6 is 11.9 Å². The van der Waals surface area contributed by atoms with E-state index < -0.39 is 23.9 Å². The van der Waals surface area contributed by atoms with Crippen molar-refractivity contribution < 1.29 is 24.2 Å². The molecule has 0 aliphatic carbocycles. The topological polar surface area (TPSA) is 90.4 Å². The minimum absolute atomic E-state index is 0.0311. The zero-order valence-corrected chi connectivity index (χ0v) is 18.3. The molecular formula is C23H21N3O5S. The molecule has 164 valence electrons. The van der Waals surface area contributed by atoms with E-state index in [4.69, 9.17) is 4.74 Å². The minimum atomic E-state index is -1.22.